The largest absolute Gasteiger partial charge is 0.452 e. The molecule has 1 N–H and O–H groups in total. The fourth-order valence-electron chi connectivity index (χ4n) is 2.47. The molecule has 26 heavy (non-hydrogen) atoms. The predicted octanol–water partition coefficient (Wildman–Crippen LogP) is 0.426. The predicted molar refractivity (Wildman–Crippen MR) is 91.9 cm³/mol. The van der Waals surface area contributed by atoms with Crippen molar-refractivity contribution in [1.82, 2.24) is 14.5 Å². The molecule has 142 valence electrons. The summed E-state index contributed by atoms with van der Waals surface area (Å²) >= 11 is 0. The van der Waals surface area contributed by atoms with Crippen LogP contribution < -0.4 is 5.32 Å². The van der Waals surface area contributed by atoms with Gasteiger partial charge in [-0.2, -0.15) is 4.31 Å². The lowest BCUT2D eigenvalue weighted by Gasteiger charge is -2.18. The van der Waals surface area contributed by atoms with Crippen molar-refractivity contribution >= 4 is 27.9 Å². The number of hydrogen-bond acceptors (Lipinski definition) is 6. The summed E-state index contributed by atoms with van der Waals surface area (Å²) in [5.41, 5.74) is 0.113. The Morgan fingerprint density at radius 1 is 1.19 bits per heavy atom. The Kier molecular flexibility index (Phi) is 6.32. The van der Waals surface area contributed by atoms with E-state index in [-0.39, 0.29) is 17.0 Å². The molecular weight excluding hydrogens is 362 g/mol. The Morgan fingerprint density at radius 2 is 1.81 bits per heavy atom. The summed E-state index contributed by atoms with van der Waals surface area (Å²) in [5, 5.41) is 2.47. The Balaban J connectivity index is 2.00. The lowest BCUT2D eigenvalue weighted by Crippen LogP contribution is -2.37. The van der Waals surface area contributed by atoms with Gasteiger partial charge in [0.15, 0.2) is 6.61 Å². The van der Waals surface area contributed by atoms with Gasteiger partial charge in [0.1, 0.15) is 0 Å². The average molecular weight is 383 g/mol. The molecule has 3 amide bonds. The summed E-state index contributed by atoms with van der Waals surface area (Å²) in [6.07, 6.45) is 0. The molecule has 0 aliphatic carbocycles. The fourth-order valence-corrected chi connectivity index (χ4v) is 3.93. The molecule has 0 spiro atoms. The second-order valence-electron chi connectivity index (χ2n) is 5.47. The van der Waals surface area contributed by atoms with E-state index in [9.17, 15) is 22.8 Å². The van der Waals surface area contributed by atoms with Gasteiger partial charge in [0.2, 0.25) is 10.0 Å². The summed E-state index contributed by atoms with van der Waals surface area (Å²) in [6, 6.07) is 4.77. The van der Waals surface area contributed by atoms with Crippen molar-refractivity contribution in [2.24, 2.45) is 0 Å². The van der Waals surface area contributed by atoms with E-state index < -0.39 is 34.5 Å². The summed E-state index contributed by atoms with van der Waals surface area (Å²) in [4.78, 5) is 36.2. The molecule has 0 radical (unpaired) electrons. The fraction of sp³-hybridized carbons (Fsp3) is 0.438. The molecule has 1 aromatic carbocycles. The van der Waals surface area contributed by atoms with Crippen LogP contribution in [0.25, 0.3) is 0 Å². The van der Waals surface area contributed by atoms with Gasteiger partial charge in [-0.15, -0.1) is 0 Å². The third-order valence-electron chi connectivity index (χ3n) is 3.92. The third kappa shape index (κ3) is 4.20. The van der Waals surface area contributed by atoms with E-state index in [0.717, 1.165) is 4.90 Å². The molecule has 1 fully saturated rings. The van der Waals surface area contributed by atoms with Crippen LogP contribution in [0.3, 0.4) is 0 Å². The number of carbonyl (C=O) groups excluding carboxylic acids is 3. The second-order valence-corrected chi connectivity index (χ2v) is 7.41. The maximum atomic E-state index is 12.4. The van der Waals surface area contributed by atoms with Gasteiger partial charge in [0.05, 0.1) is 10.5 Å². The second kappa shape index (κ2) is 8.28. The van der Waals surface area contributed by atoms with Crippen molar-refractivity contribution in [3.8, 4) is 0 Å². The summed E-state index contributed by atoms with van der Waals surface area (Å²) in [6.45, 7) is 4.19. The van der Waals surface area contributed by atoms with E-state index in [1.54, 1.807) is 13.8 Å². The van der Waals surface area contributed by atoms with Crippen molar-refractivity contribution in [1.29, 1.82) is 0 Å². The van der Waals surface area contributed by atoms with E-state index in [1.807, 2.05) is 0 Å². The van der Waals surface area contributed by atoms with E-state index in [4.69, 9.17) is 4.74 Å². The molecule has 0 aromatic heterocycles. The first-order chi connectivity index (χ1) is 12.3. The molecule has 1 saturated heterocycles. The lowest BCUT2D eigenvalue weighted by molar-refractivity contribution is -0.130. The van der Waals surface area contributed by atoms with Crippen molar-refractivity contribution in [3.63, 3.8) is 0 Å². The van der Waals surface area contributed by atoms with Crippen LogP contribution in [0.1, 0.15) is 24.2 Å². The molecule has 1 aromatic rings. The molecular formula is C16H21N3O6S. The Hall–Kier alpha value is -2.46. The van der Waals surface area contributed by atoms with Gasteiger partial charge in [-0.3, -0.25) is 9.69 Å². The average Bonchev–Trinajstić information content (AvgIpc) is 3.06. The number of ether oxygens (including phenoxy) is 1. The minimum absolute atomic E-state index is 0.0718. The molecule has 0 atom stereocenters. The molecule has 10 heteroatoms. The number of nitrogens with one attached hydrogen (secondary N) is 1. The zero-order valence-electron chi connectivity index (χ0n) is 14.6. The smallest absolute Gasteiger partial charge is 0.338 e. The van der Waals surface area contributed by atoms with Gasteiger partial charge in [0, 0.05) is 26.2 Å². The van der Waals surface area contributed by atoms with Gasteiger partial charge in [0.25, 0.3) is 5.91 Å². The number of hydrogen-bond donors (Lipinski definition) is 1. The number of esters is 1. The minimum atomic E-state index is -3.61. The zero-order chi connectivity index (χ0) is 19.3. The third-order valence-corrected chi connectivity index (χ3v) is 5.98. The van der Waals surface area contributed by atoms with Gasteiger partial charge < -0.3 is 10.1 Å². The molecule has 1 aliphatic heterocycles. The highest BCUT2D eigenvalue weighted by molar-refractivity contribution is 7.89. The Morgan fingerprint density at radius 3 is 2.31 bits per heavy atom. The summed E-state index contributed by atoms with van der Waals surface area (Å²) < 4.78 is 31.0. The topological polar surface area (TPSA) is 113 Å². The highest BCUT2D eigenvalue weighted by atomic mass is 32.2. The number of urea groups is 1. The molecule has 1 aliphatic rings. The SMILES string of the molecule is CCN(CC)S(=O)(=O)c1ccc(C(=O)OCC(=O)N2CCNC2=O)cc1. The van der Waals surface area contributed by atoms with Crippen LogP contribution >= 0.6 is 0 Å². The monoisotopic (exact) mass is 383 g/mol. The van der Waals surface area contributed by atoms with Crippen LogP contribution in [0.5, 0.6) is 0 Å². The van der Waals surface area contributed by atoms with Crippen LogP contribution in [0, 0.1) is 0 Å². The summed E-state index contributed by atoms with van der Waals surface area (Å²) in [7, 11) is -3.61. The number of carbonyl (C=O) groups is 3. The summed E-state index contributed by atoms with van der Waals surface area (Å²) in [5.74, 6) is -1.39. The van der Waals surface area contributed by atoms with Crippen LogP contribution in [0.4, 0.5) is 4.79 Å². The molecule has 0 unspecified atom stereocenters. The van der Waals surface area contributed by atoms with Crippen LogP contribution in [-0.4, -0.2) is 68.3 Å². The van der Waals surface area contributed by atoms with E-state index in [2.05, 4.69) is 5.32 Å². The quantitative estimate of drug-likeness (QED) is 0.683. The molecule has 0 bridgehead atoms. The number of imide groups is 1. The first-order valence-corrected chi connectivity index (χ1v) is 9.60. The number of rotatable bonds is 7. The minimum Gasteiger partial charge on any atom is -0.452 e. The van der Waals surface area contributed by atoms with Crippen molar-refractivity contribution < 1.29 is 27.5 Å². The van der Waals surface area contributed by atoms with Crippen LogP contribution in [0.2, 0.25) is 0 Å². The molecule has 9 nitrogen and oxygen atoms in total. The van der Waals surface area contributed by atoms with E-state index in [1.165, 1.54) is 28.6 Å². The van der Waals surface area contributed by atoms with Crippen molar-refractivity contribution in [3.05, 3.63) is 29.8 Å². The standard InChI is InChI=1S/C16H21N3O6S/c1-3-18(4-2)26(23,24)13-7-5-12(6-8-13)15(21)25-11-14(20)19-10-9-17-16(19)22/h5-8H,3-4,9-11H2,1-2H3,(H,17,22). The zero-order valence-corrected chi connectivity index (χ0v) is 15.4. The maximum absolute atomic E-state index is 12.4. The van der Waals surface area contributed by atoms with Gasteiger partial charge >= 0.3 is 12.0 Å². The normalized spacial score (nSPS) is 14.4. The Bertz CT molecular complexity index is 787. The highest BCUT2D eigenvalue weighted by Crippen LogP contribution is 2.16. The van der Waals surface area contributed by atoms with Gasteiger partial charge in [-0.05, 0) is 24.3 Å². The van der Waals surface area contributed by atoms with Gasteiger partial charge in [-0.1, -0.05) is 13.8 Å². The molecule has 0 saturated carbocycles. The number of sulfonamides is 1. The van der Waals surface area contributed by atoms with Gasteiger partial charge in [-0.25, -0.2) is 18.0 Å². The lowest BCUT2D eigenvalue weighted by atomic mass is 10.2. The Labute approximate surface area is 152 Å². The number of benzene rings is 1. The molecule has 2 rings (SSSR count). The van der Waals surface area contributed by atoms with E-state index in [0.29, 0.717) is 19.6 Å². The van der Waals surface area contributed by atoms with Crippen molar-refractivity contribution in [2.75, 3.05) is 32.8 Å². The molecule has 1 heterocycles. The first kappa shape index (κ1) is 19.9. The highest BCUT2D eigenvalue weighted by Gasteiger charge is 2.27. The first-order valence-electron chi connectivity index (χ1n) is 8.16. The maximum Gasteiger partial charge on any atom is 0.338 e. The number of amides is 3. The number of nitrogens with zero attached hydrogens (tertiary/aromatic N) is 2. The van der Waals surface area contributed by atoms with Crippen LogP contribution in [0.15, 0.2) is 29.2 Å². The van der Waals surface area contributed by atoms with Crippen molar-refractivity contribution in [2.45, 2.75) is 18.7 Å². The van der Waals surface area contributed by atoms with Crippen LogP contribution in [-0.2, 0) is 19.6 Å². The van der Waals surface area contributed by atoms with E-state index >= 15 is 0 Å².